The highest BCUT2D eigenvalue weighted by Crippen LogP contribution is 2.08. The van der Waals surface area contributed by atoms with Gasteiger partial charge in [0.25, 0.3) is 0 Å². The van der Waals surface area contributed by atoms with Gasteiger partial charge in [-0.3, -0.25) is 9.59 Å². The van der Waals surface area contributed by atoms with Gasteiger partial charge < -0.3 is 9.84 Å². The summed E-state index contributed by atoms with van der Waals surface area (Å²) in [4.78, 5) is 22.3. The topological polar surface area (TPSA) is 63.6 Å². The number of hydrogen-bond donors (Lipinski definition) is 1. The number of esters is 1. The zero-order chi connectivity index (χ0) is 18.8. The predicted octanol–water partition coefficient (Wildman–Crippen LogP) is 5.59. The number of allylic oxidation sites excluding steroid dienone is 4. The molecule has 0 spiro atoms. The monoisotopic (exact) mass is 350 g/mol. The third kappa shape index (κ3) is 16.8. The summed E-state index contributed by atoms with van der Waals surface area (Å²) < 4.78 is 5.50. The Morgan fingerprint density at radius 2 is 1.68 bits per heavy atom. The van der Waals surface area contributed by atoms with Crippen LogP contribution in [0.5, 0.6) is 0 Å². The standard InChI is InChI=1S/C21H34O4/c1-3-5-7-9-12-15-19(25-21(24)18-6-4-2)16-13-10-8-11-14-17-20(22)23/h5,7,12-13,15-16,19H,3-4,6,8-11,14,17-18H2,1-2H3,(H,22,23)/b7-5-,15-12-,16-13-. The zero-order valence-corrected chi connectivity index (χ0v) is 15.8. The quantitative estimate of drug-likeness (QED) is 0.237. The molecule has 1 N–H and O–H groups in total. The summed E-state index contributed by atoms with van der Waals surface area (Å²) in [6.07, 6.45) is 19.5. The van der Waals surface area contributed by atoms with Crippen LogP contribution >= 0.6 is 0 Å². The first kappa shape index (κ1) is 23.2. The summed E-state index contributed by atoms with van der Waals surface area (Å²) >= 11 is 0. The summed E-state index contributed by atoms with van der Waals surface area (Å²) in [5.74, 6) is -0.899. The Labute approximate surface area is 152 Å². The van der Waals surface area contributed by atoms with Crippen LogP contribution in [0.1, 0.15) is 78.1 Å². The molecule has 0 aliphatic carbocycles. The molecule has 0 aromatic rings. The second-order valence-corrected chi connectivity index (χ2v) is 6.02. The third-order valence-electron chi connectivity index (χ3n) is 3.59. The number of rotatable bonds is 15. The Morgan fingerprint density at radius 1 is 0.920 bits per heavy atom. The maximum Gasteiger partial charge on any atom is 0.306 e. The average molecular weight is 350 g/mol. The predicted molar refractivity (Wildman–Crippen MR) is 102 cm³/mol. The largest absolute Gasteiger partial charge is 0.481 e. The van der Waals surface area contributed by atoms with E-state index in [1.54, 1.807) is 0 Å². The summed E-state index contributed by atoms with van der Waals surface area (Å²) in [6.45, 7) is 4.15. The van der Waals surface area contributed by atoms with Gasteiger partial charge in [-0.15, -0.1) is 0 Å². The molecule has 0 aliphatic rings. The minimum atomic E-state index is -0.739. The highest BCUT2D eigenvalue weighted by molar-refractivity contribution is 5.69. The first-order valence-electron chi connectivity index (χ1n) is 9.49. The molecule has 0 fully saturated rings. The minimum absolute atomic E-state index is 0.160. The summed E-state index contributed by atoms with van der Waals surface area (Å²) in [6, 6.07) is 0. The van der Waals surface area contributed by atoms with Crippen LogP contribution in [0.4, 0.5) is 0 Å². The lowest BCUT2D eigenvalue weighted by Gasteiger charge is -2.10. The molecule has 0 aromatic heterocycles. The fraction of sp³-hybridized carbons (Fsp3) is 0.619. The number of hydrogen-bond acceptors (Lipinski definition) is 3. The molecular formula is C21H34O4. The third-order valence-corrected chi connectivity index (χ3v) is 3.59. The lowest BCUT2D eigenvalue weighted by atomic mass is 10.1. The molecular weight excluding hydrogens is 316 g/mol. The van der Waals surface area contributed by atoms with E-state index in [-0.39, 0.29) is 18.5 Å². The average Bonchev–Trinajstić information content (AvgIpc) is 2.58. The molecule has 4 nitrogen and oxygen atoms in total. The maximum absolute atomic E-state index is 11.8. The van der Waals surface area contributed by atoms with Crippen molar-refractivity contribution in [2.45, 2.75) is 84.2 Å². The van der Waals surface area contributed by atoms with Crippen LogP contribution in [0.15, 0.2) is 36.5 Å². The Hall–Kier alpha value is -1.84. The van der Waals surface area contributed by atoms with E-state index in [1.165, 1.54) is 0 Å². The molecule has 0 heterocycles. The van der Waals surface area contributed by atoms with E-state index in [2.05, 4.69) is 26.0 Å². The van der Waals surface area contributed by atoms with Crippen LogP contribution in [0.25, 0.3) is 0 Å². The highest BCUT2D eigenvalue weighted by Gasteiger charge is 2.07. The number of unbranched alkanes of at least 4 members (excludes halogenated alkanes) is 4. The molecule has 142 valence electrons. The summed E-state index contributed by atoms with van der Waals surface area (Å²) in [7, 11) is 0. The van der Waals surface area contributed by atoms with Crippen LogP contribution in [-0.2, 0) is 14.3 Å². The first-order valence-corrected chi connectivity index (χ1v) is 9.49. The van der Waals surface area contributed by atoms with Crippen molar-refractivity contribution in [3.63, 3.8) is 0 Å². The molecule has 0 saturated carbocycles. The highest BCUT2D eigenvalue weighted by atomic mass is 16.5. The van der Waals surface area contributed by atoms with Crippen molar-refractivity contribution in [3.8, 4) is 0 Å². The van der Waals surface area contributed by atoms with Gasteiger partial charge in [0.2, 0.25) is 0 Å². The fourth-order valence-corrected chi connectivity index (χ4v) is 2.17. The van der Waals surface area contributed by atoms with Gasteiger partial charge in [0.1, 0.15) is 6.10 Å². The van der Waals surface area contributed by atoms with Crippen molar-refractivity contribution in [1.82, 2.24) is 0 Å². The second kappa shape index (κ2) is 17.0. The molecule has 0 aromatic carbocycles. The van der Waals surface area contributed by atoms with Crippen LogP contribution in [-0.4, -0.2) is 23.1 Å². The lowest BCUT2D eigenvalue weighted by molar-refractivity contribution is -0.145. The van der Waals surface area contributed by atoms with Gasteiger partial charge in [0.15, 0.2) is 0 Å². The van der Waals surface area contributed by atoms with Gasteiger partial charge in [-0.05, 0) is 50.7 Å². The number of carboxylic acids is 1. The van der Waals surface area contributed by atoms with Crippen LogP contribution in [0, 0.1) is 0 Å². The molecule has 0 bridgehead atoms. The normalized spacial score (nSPS) is 13.0. The van der Waals surface area contributed by atoms with Crippen molar-refractivity contribution >= 4 is 11.9 Å². The van der Waals surface area contributed by atoms with Gasteiger partial charge >= 0.3 is 11.9 Å². The van der Waals surface area contributed by atoms with E-state index in [0.29, 0.717) is 12.8 Å². The first-order chi connectivity index (χ1) is 12.1. The van der Waals surface area contributed by atoms with Gasteiger partial charge in [0, 0.05) is 12.8 Å². The van der Waals surface area contributed by atoms with Gasteiger partial charge in [-0.25, -0.2) is 0 Å². The Balaban J connectivity index is 4.30. The van der Waals surface area contributed by atoms with E-state index in [4.69, 9.17) is 9.84 Å². The number of aliphatic carboxylic acids is 1. The van der Waals surface area contributed by atoms with E-state index in [1.807, 2.05) is 24.3 Å². The van der Waals surface area contributed by atoms with Crippen molar-refractivity contribution in [3.05, 3.63) is 36.5 Å². The molecule has 0 radical (unpaired) electrons. The van der Waals surface area contributed by atoms with E-state index >= 15 is 0 Å². The molecule has 0 aliphatic heterocycles. The van der Waals surface area contributed by atoms with E-state index in [0.717, 1.165) is 44.9 Å². The second-order valence-electron chi connectivity index (χ2n) is 6.02. The molecule has 0 saturated heterocycles. The number of ether oxygens (including phenoxy) is 1. The van der Waals surface area contributed by atoms with Crippen molar-refractivity contribution in [2.75, 3.05) is 0 Å². The molecule has 1 unspecified atom stereocenters. The Kier molecular flexibility index (Phi) is 15.7. The van der Waals surface area contributed by atoms with Crippen LogP contribution < -0.4 is 0 Å². The van der Waals surface area contributed by atoms with Crippen LogP contribution in [0.3, 0.4) is 0 Å². The lowest BCUT2D eigenvalue weighted by Crippen LogP contribution is -2.13. The van der Waals surface area contributed by atoms with Crippen LogP contribution in [0.2, 0.25) is 0 Å². The fourth-order valence-electron chi connectivity index (χ4n) is 2.17. The zero-order valence-electron chi connectivity index (χ0n) is 15.8. The molecule has 1 atom stereocenters. The van der Waals surface area contributed by atoms with E-state index in [9.17, 15) is 9.59 Å². The number of carboxylic acid groups (broad SMARTS) is 1. The summed E-state index contributed by atoms with van der Waals surface area (Å²) in [5, 5.41) is 8.60. The van der Waals surface area contributed by atoms with Crippen molar-refractivity contribution in [2.24, 2.45) is 0 Å². The van der Waals surface area contributed by atoms with Gasteiger partial charge in [0.05, 0.1) is 0 Å². The van der Waals surface area contributed by atoms with Crippen molar-refractivity contribution < 1.29 is 19.4 Å². The van der Waals surface area contributed by atoms with Gasteiger partial charge in [-0.1, -0.05) is 51.0 Å². The molecule has 0 rings (SSSR count). The number of carbonyl (C=O) groups is 2. The smallest absolute Gasteiger partial charge is 0.306 e. The Morgan fingerprint density at radius 3 is 2.36 bits per heavy atom. The number of carbonyl (C=O) groups excluding carboxylic acids is 1. The van der Waals surface area contributed by atoms with E-state index < -0.39 is 5.97 Å². The molecule has 25 heavy (non-hydrogen) atoms. The molecule has 0 amide bonds. The summed E-state index contributed by atoms with van der Waals surface area (Å²) in [5.41, 5.74) is 0. The van der Waals surface area contributed by atoms with Gasteiger partial charge in [-0.2, -0.15) is 0 Å². The minimum Gasteiger partial charge on any atom is -0.481 e. The van der Waals surface area contributed by atoms with Crippen molar-refractivity contribution in [1.29, 1.82) is 0 Å². The Bertz CT molecular complexity index is 435. The SMILES string of the molecule is CC/C=C\C/C=C\C(/C=C\CCCCCC(=O)O)OC(=O)CCCC. The maximum atomic E-state index is 11.8. The molecule has 4 heteroatoms.